The Balaban J connectivity index is 1.80. The first-order valence-corrected chi connectivity index (χ1v) is 7.01. The van der Waals surface area contributed by atoms with Gasteiger partial charge in [0.05, 0.1) is 0 Å². The van der Waals surface area contributed by atoms with Crippen molar-refractivity contribution in [2.45, 2.75) is 13.3 Å². The fourth-order valence-corrected chi connectivity index (χ4v) is 2.49. The molecule has 104 valence electrons. The van der Waals surface area contributed by atoms with Crippen LogP contribution in [-0.4, -0.2) is 44.0 Å². The number of hydrogen-bond acceptors (Lipinski definition) is 3. The summed E-state index contributed by atoms with van der Waals surface area (Å²) in [6.07, 6.45) is 1.19. The number of amides is 1. The van der Waals surface area contributed by atoms with Gasteiger partial charge in [-0.15, -0.1) is 0 Å². The van der Waals surface area contributed by atoms with Crippen LogP contribution in [0.15, 0.2) is 24.3 Å². The Hall–Kier alpha value is -1.55. The third-order valence-electron chi connectivity index (χ3n) is 3.80. The van der Waals surface area contributed by atoms with Crippen molar-refractivity contribution in [1.82, 2.24) is 10.2 Å². The van der Waals surface area contributed by atoms with E-state index in [-0.39, 0.29) is 5.91 Å². The number of anilines is 1. The number of benzene rings is 1. The van der Waals surface area contributed by atoms with Crippen LogP contribution in [0.2, 0.25) is 0 Å². The van der Waals surface area contributed by atoms with Gasteiger partial charge in [0, 0.05) is 31.4 Å². The van der Waals surface area contributed by atoms with Gasteiger partial charge in [-0.25, -0.2) is 0 Å². The fraction of sp³-hybridized carbons (Fsp3) is 0.533. The highest BCUT2D eigenvalue weighted by Crippen LogP contribution is 2.15. The lowest BCUT2D eigenvalue weighted by Gasteiger charge is -2.13. The highest BCUT2D eigenvalue weighted by atomic mass is 16.1. The molecular formula is C15H23N3O. The summed E-state index contributed by atoms with van der Waals surface area (Å²) in [6.45, 7) is 6.34. The zero-order chi connectivity index (χ0) is 13.7. The lowest BCUT2D eigenvalue weighted by Crippen LogP contribution is -2.30. The van der Waals surface area contributed by atoms with E-state index >= 15 is 0 Å². The molecule has 1 atom stereocenters. The average Bonchev–Trinajstić information content (AvgIpc) is 2.93. The summed E-state index contributed by atoms with van der Waals surface area (Å²) in [4.78, 5) is 14.4. The summed E-state index contributed by atoms with van der Waals surface area (Å²) in [5.41, 5.74) is 1.75. The van der Waals surface area contributed by atoms with E-state index in [0.717, 1.165) is 37.4 Å². The maximum absolute atomic E-state index is 12.0. The Morgan fingerprint density at radius 2 is 2.11 bits per heavy atom. The smallest absolute Gasteiger partial charge is 0.251 e. The van der Waals surface area contributed by atoms with Crippen molar-refractivity contribution >= 4 is 11.6 Å². The minimum absolute atomic E-state index is 0.0256. The molecule has 0 spiro atoms. The van der Waals surface area contributed by atoms with Crippen LogP contribution in [0.3, 0.4) is 0 Å². The molecule has 0 saturated carbocycles. The van der Waals surface area contributed by atoms with E-state index < -0.39 is 0 Å². The standard InChI is InChI=1S/C15H23N3O/c1-3-18-9-8-12(11-18)10-17-15(19)13-4-6-14(16-2)7-5-13/h4-7,12,16H,3,8-11H2,1-2H3,(H,17,19). The Bertz CT molecular complexity index is 416. The van der Waals surface area contributed by atoms with Gasteiger partial charge >= 0.3 is 0 Å². The summed E-state index contributed by atoms with van der Waals surface area (Å²) >= 11 is 0. The molecule has 1 aliphatic heterocycles. The van der Waals surface area contributed by atoms with Crippen molar-refractivity contribution in [3.05, 3.63) is 29.8 Å². The van der Waals surface area contributed by atoms with E-state index in [9.17, 15) is 4.79 Å². The molecule has 0 bridgehead atoms. The summed E-state index contributed by atoms with van der Waals surface area (Å²) in [5.74, 6) is 0.623. The number of carbonyl (C=O) groups excluding carboxylic acids is 1. The topological polar surface area (TPSA) is 44.4 Å². The zero-order valence-electron chi connectivity index (χ0n) is 11.8. The van der Waals surface area contributed by atoms with Crippen molar-refractivity contribution in [3.8, 4) is 0 Å². The van der Waals surface area contributed by atoms with Gasteiger partial charge in [-0.3, -0.25) is 4.79 Å². The molecule has 1 heterocycles. The van der Waals surface area contributed by atoms with Crippen LogP contribution in [0.1, 0.15) is 23.7 Å². The van der Waals surface area contributed by atoms with Gasteiger partial charge in [0.15, 0.2) is 0 Å². The molecule has 1 amide bonds. The minimum atomic E-state index is 0.0256. The van der Waals surface area contributed by atoms with E-state index in [2.05, 4.69) is 22.5 Å². The monoisotopic (exact) mass is 261 g/mol. The molecule has 1 aromatic rings. The minimum Gasteiger partial charge on any atom is -0.388 e. The number of nitrogens with zero attached hydrogens (tertiary/aromatic N) is 1. The molecule has 1 aromatic carbocycles. The second-order valence-electron chi connectivity index (χ2n) is 5.09. The number of nitrogens with one attached hydrogen (secondary N) is 2. The van der Waals surface area contributed by atoms with Crippen LogP contribution >= 0.6 is 0 Å². The third-order valence-corrected chi connectivity index (χ3v) is 3.80. The van der Waals surface area contributed by atoms with Crippen LogP contribution in [0, 0.1) is 5.92 Å². The summed E-state index contributed by atoms with van der Waals surface area (Å²) in [5, 5.41) is 6.08. The van der Waals surface area contributed by atoms with Gasteiger partial charge in [-0.05, 0) is 49.7 Å². The number of likely N-dealkylation sites (tertiary alicyclic amines) is 1. The SMILES string of the molecule is CCN1CCC(CNC(=O)c2ccc(NC)cc2)C1. The Morgan fingerprint density at radius 3 is 2.68 bits per heavy atom. The molecule has 19 heavy (non-hydrogen) atoms. The van der Waals surface area contributed by atoms with E-state index in [1.54, 1.807) is 0 Å². The largest absolute Gasteiger partial charge is 0.388 e. The molecule has 2 N–H and O–H groups in total. The Kier molecular flexibility index (Phi) is 4.80. The summed E-state index contributed by atoms with van der Waals surface area (Å²) in [6, 6.07) is 7.55. The molecule has 1 saturated heterocycles. The van der Waals surface area contributed by atoms with Crippen LogP contribution < -0.4 is 10.6 Å². The third kappa shape index (κ3) is 3.70. The molecule has 0 aromatic heterocycles. The van der Waals surface area contributed by atoms with Gasteiger partial charge in [-0.2, -0.15) is 0 Å². The average molecular weight is 261 g/mol. The van der Waals surface area contributed by atoms with Gasteiger partial charge in [-0.1, -0.05) is 6.92 Å². The number of carbonyl (C=O) groups is 1. The van der Waals surface area contributed by atoms with E-state index in [4.69, 9.17) is 0 Å². The van der Waals surface area contributed by atoms with E-state index in [1.165, 1.54) is 6.42 Å². The summed E-state index contributed by atoms with van der Waals surface area (Å²) in [7, 11) is 1.87. The van der Waals surface area contributed by atoms with Gasteiger partial charge in [0.25, 0.3) is 5.91 Å². The van der Waals surface area contributed by atoms with Gasteiger partial charge in [0.2, 0.25) is 0 Å². The van der Waals surface area contributed by atoms with Crippen LogP contribution in [-0.2, 0) is 0 Å². The molecule has 1 aliphatic rings. The molecule has 1 fully saturated rings. The first kappa shape index (κ1) is 13.9. The molecule has 1 unspecified atom stereocenters. The highest BCUT2D eigenvalue weighted by molar-refractivity contribution is 5.94. The molecule has 4 heteroatoms. The van der Waals surface area contributed by atoms with Crippen molar-refractivity contribution in [3.63, 3.8) is 0 Å². The second kappa shape index (κ2) is 6.57. The van der Waals surface area contributed by atoms with Crippen LogP contribution in [0.25, 0.3) is 0 Å². The van der Waals surface area contributed by atoms with Gasteiger partial charge in [0.1, 0.15) is 0 Å². The van der Waals surface area contributed by atoms with Crippen LogP contribution in [0.5, 0.6) is 0 Å². The molecule has 0 radical (unpaired) electrons. The molecular weight excluding hydrogens is 238 g/mol. The quantitative estimate of drug-likeness (QED) is 0.849. The normalized spacial score (nSPS) is 19.4. The lowest BCUT2D eigenvalue weighted by atomic mass is 10.1. The van der Waals surface area contributed by atoms with Crippen LogP contribution in [0.4, 0.5) is 5.69 Å². The molecule has 4 nitrogen and oxygen atoms in total. The van der Waals surface area contributed by atoms with Crippen molar-refractivity contribution in [1.29, 1.82) is 0 Å². The van der Waals surface area contributed by atoms with Crippen molar-refractivity contribution in [2.75, 3.05) is 38.5 Å². The van der Waals surface area contributed by atoms with E-state index in [0.29, 0.717) is 5.92 Å². The molecule has 0 aliphatic carbocycles. The first-order chi connectivity index (χ1) is 9.22. The Labute approximate surface area is 115 Å². The summed E-state index contributed by atoms with van der Waals surface area (Å²) < 4.78 is 0. The van der Waals surface area contributed by atoms with Crippen molar-refractivity contribution < 1.29 is 4.79 Å². The van der Waals surface area contributed by atoms with Crippen molar-refractivity contribution in [2.24, 2.45) is 5.92 Å². The maximum Gasteiger partial charge on any atom is 0.251 e. The predicted molar refractivity (Wildman–Crippen MR) is 78.5 cm³/mol. The van der Waals surface area contributed by atoms with Gasteiger partial charge < -0.3 is 15.5 Å². The second-order valence-corrected chi connectivity index (χ2v) is 5.09. The predicted octanol–water partition coefficient (Wildman–Crippen LogP) is 1.80. The zero-order valence-corrected chi connectivity index (χ0v) is 11.8. The van der Waals surface area contributed by atoms with E-state index in [1.807, 2.05) is 31.3 Å². The number of hydrogen-bond donors (Lipinski definition) is 2. The Morgan fingerprint density at radius 1 is 1.37 bits per heavy atom. The molecule has 2 rings (SSSR count). The number of rotatable bonds is 5. The highest BCUT2D eigenvalue weighted by Gasteiger charge is 2.21. The lowest BCUT2D eigenvalue weighted by molar-refractivity contribution is 0.0947. The first-order valence-electron chi connectivity index (χ1n) is 7.01. The fourth-order valence-electron chi connectivity index (χ4n) is 2.49. The maximum atomic E-state index is 12.0.